The van der Waals surface area contributed by atoms with Gasteiger partial charge in [-0.3, -0.25) is 0 Å². The molecule has 0 saturated carbocycles. The molecule has 1 aromatic carbocycles. The second-order valence-corrected chi connectivity index (χ2v) is 4.69. The van der Waals surface area contributed by atoms with Crippen LogP contribution in [-0.4, -0.2) is 13.2 Å². The van der Waals surface area contributed by atoms with E-state index in [2.05, 4.69) is 6.92 Å². The summed E-state index contributed by atoms with van der Waals surface area (Å²) in [6.07, 6.45) is 1.51. The van der Waals surface area contributed by atoms with Gasteiger partial charge < -0.3 is 9.47 Å². The third kappa shape index (κ3) is 4.84. The van der Waals surface area contributed by atoms with Crippen molar-refractivity contribution in [2.75, 3.05) is 13.2 Å². The molecule has 0 aromatic heterocycles. The van der Waals surface area contributed by atoms with Crippen LogP contribution in [0.2, 0.25) is 10.0 Å². The Labute approximate surface area is 120 Å². The van der Waals surface area contributed by atoms with Crippen molar-refractivity contribution in [3.8, 4) is 11.5 Å². The molecule has 0 aliphatic carbocycles. The molecule has 1 aromatic rings. The van der Waals surface area contributed by atoms with Gasteiger partial charge in [0.05, 0.1) is 16.7 Å². The third-order valence-corrected chi connectivity index (χ3v) is 2.58. The Morgan fingerprint density at radius 2 is 1.76 bits per heavy atom. The van der Waals surface area contributed by atoms with Gasteiger partial charge in [0.25, 0.3) is 0 Å². The Hall–Kier alpha value is -0.280. The highest BCUT2D eigenvalue weighted by molar-refractivity contribution is 6.55. The van der Waals surface area contributed by atoms with E-state index >= 15 is 0 Å². The van der Waals surface area contributed by atoms with E-state index in [-0.39, 0.29) is 17.7 Å². The van der Waals surface area contributed by atoms with E-state index in [1.165, 1.54) is 6.08 Å². The Balaban J connectivity index is 2.79. The first-order chi connectivity index (χ1) is 8.04. The zero-order valence-corrected chi connectivity index (χ0v) is 11.7. The first-order valence-corrected chi connectivity index (χ1v) is 6.11. The lowest BCUT2D eigenvalue weighted by atomic mass is 10.3. The maximum absolute atomic E-state index is 5.97. The molecular weight excluding hydrogens is 306 g/mol. The third-order valence-electron chi connectivity index (χ3n) is 1.71. The molecule has 0 heterocycles. The normalized spacial score (nSPS) is 9.94. The van der Waals surface area contributed by atoms with Gasteiger partial charge in [-0.15, -0.1) is 0 Å². The minimum absolute atomic E-state index is 0.138. The largest absolute Gasteiger partial charge is 0.490 e. The lowest BCUT2D eigenvalue weighted by Crippen LogP contribution is -1.97. The molecule has 17 heavy (non-hydrogen) atoms. The van der Waals surface area contributed by atoms with Crippen molar-refractivity contribution in [2.45, 2.75) is 0 Å². The summed E-state index contributed by atoms with van der Waals surface area (Å²) in [6, 6.07) is 3.18. The predicted molar refractivity (Wildman–Crippen MR) is 72.6 cm³/mol. The number of hydrogen-bond donors (Lipinski definition) is 0. The second kappa shape index (κ2) is 7.22. The van der Waals surface area contributed by atoms with E-state index in [0.717, 1.165) is 0 Å². The molecule has 6 heteroatoms. The van der Waals surface area contributed by atoms with E-state index in [4.69, 9.17) is 55.9 Å². The van der Waals surface area contributed by atoms with Gasteiger partial charge >= 0.3 is 0 Å². The number of rotatable bonds is 5. The fourth-order valence-corrected chi connectivity index (χ4v) is 1.76. The molecule has 0 spiro atoms. The molecule has 0 saturated heterocycles. The van der Waals surface area contributed by atoms with Crippen LogP contribution in [0.4, 0.5) is 0 Å². The number of benzene rings is 1. The number of hydrogen-bond acceptors (Lipinski definition) is 2. The molecule has 1 rings (SSSR count). The summed E-state index contributed by atoms with van der Waals surface area (Å²) in [4.78, 5) is 0. The zero-order valence-electron chi connectivity index (χ0n) is 8.68. The van der Waals surface area contributed by atoms with Crippen LogP contribution in [0, 0.1) is 6.92 Å². The highest BCUT2D eigenvalue weighted by Crippen LogP contribution is 2.36. The van der Waals surface area contributed by atoms with Crippen molar-refractivity contribution in [1.29, 1.82) is 0 Å². The predicted octanol–water partition coefficient (Wildman–Crippen LogP) is 4.90. The first kappa shape index (κ1) is 14.8. The number of halogens is 4. The summed E-state index contributed by atoms with van der Waals surface area (Å²) >= 11 is 22.8. The Bertz CT molecular complexity index is 391. The summed E-state index contributed by atoms with van der Waals surface area (Å²) in [5, 5.41) is 0.717. The maximum atomic E-state index is 5.97. The van der Waals surface area contributed by atoms with Crippen LogP contribution in [0.25, 0.3) is 0 Å². The molecule has 0 bridgehead atoms. The molecule has 0 atom stereocenters. The van der Waals surface area contributed by atoms with Crippen molar-refractivity contribution in [3.05, 3.63) is 39.7 Å². The molecule has 1 radical (unpaired) electrons. The Morgan fingerprint density at radius 3 is 2.24 bits per heavy atom. The summed E-state index contributed by atoms with van der Waals surface area (Å²) in [5.41, 5.74) is 0. The SMILES string of the molecule is [CH2]COc1c(Cl)cc(OCC=C(Cl)Cl)cc1Cl. The topological polar surface area (TPSA) is 18.5 Å². The van der Waals surface area contributed by atoms with Crippen LogP contribution in [0.3, 0.4) is 0 Å². The molecular formula is C11H9Cl4O2. The second-order valence-electron chi connectivity index (χ2n) is 2.87. The highest BCUT2D eigenvalue weighted by atomic mass is 35.5. The van der Waals surface area contributed by atoms with Crippen molar-refractivity contribution in [1.82, 2.24) is 0 Å². The average Bonchev–Trinajstić information content (AvgIpc) is 2.23. The van der Waals surface area contributed by atoms with Gasteiger partial charge in [-0.2, -0.15) is 0 Å². The fraction of sp³-hybridized carbons (Fsp3) is 0.182. The first-order valence-electron chi connectivity index (χ1n) is 4.59. The van der Waals surface area contributed by atoms with Gasteiger partial charge in [-0.25, -0.2) is 0 Å². The molecule has 0 amide bonds. The average molecular weight is 315 g/mol. The van der Waals surface area contributed by atoms with Crippen LogP contribution in [0.1, 0.15) is 0 Å². The molecule has 0 unspecified atom stereocenters. The fourth-order valence-electron chi connectivity index (χ4n) is 1.06. The Morgan fingerprint density at radius 1 is 1.18 bits per heavy atom. The van der Waals surface area contributed by atoms with Crippen molar-refractivity contribution in [3.63, 3.8) is 0 Å². The van der Waals surface area contributed by atoms with Gasteiger partial charge in [0.2, 0.25) is 0 Å². The van der Waals surface area contributed by atoms with Crippen molar-refractivity contribution in [2.24, 2.45) is 0 Å². The molecule has 0 N–H and O–H groups in total. The molecule has 2 nitrogen and oxygen atoms in total. The minimum atomic E-state index is 0.138. The van der Waals surface area contributed by atoms with Crippen LogP contribution < -0.4 is 9.47 Å². The zero-order chi connectivity index (χ0) is 12.8. The van der Waals surface area contributed by atoms with Gasteiger partial charge in [0, 0.05) is 12.1 Å². The highest BCUT2D eigenvalue weighted by Gasteiger charge is 2.09. The standard InChI is InChI=1S/C11H9Cl4O2/c1-2-16-11-8(12)5-7(6-9(11)13)17-4-3-10(14)15/h3,5-6H,1-2,4H2. The van der Waals surface area contributed by atoms with Crippen LogP contribution >= 0.6 is 46.4 Å². The van der Waals surface area contributed by atoms with Crippen LogP contribution in [-0.2, 0) is 0 Å². The Kier molecular flexibility index (Phi) is 6.28. The minimum Gasteiger partial charge on any atom is -0.490 e. The van der Waals surface area contributed by atoms with E-state index in [1.807, 2.05) is 0 Å². The van der Waals surface area contributed by atoms with E-state index < -0.39 is 0 Å². The summed E-state index contributed by atoms with van der Waals surface area (Å²) in [7, 11) is 0. The summed E-state index contributed by atoms with van der Waals surface area (Å²) < 4.78 is 10.6. The lowest BCUT2D eigenvalue weighted by Gasteiger charge is -2.10. The smallest absolute Gasteiger partial charge is 0.156 e. The summed E-state index contributed by atoms with van der Waals surface area (Å²) in [5.74, 6) is 0.892. The van der Waals surface area contributed by atoms with E-state index in [9.17, 15) is 0 Å². The molecule has 0 aliphatic rings. The van der Waals surface area contributed by atoms with Crippen molar-refractivity contribution < 1.29 is 9.47 Å². The molecule has 0 fully saturated rings. The monoisotopic (exact) mass is 313 g/mol. The lowest BCUT2D eigenvalue weighted by molar-refractivity contribution is 0.352. The van der Waals surface area contributed by atoms with Gasteiger partial charge in [0.15, 0.2) is 5.75 Å². The number of ether oxygens (including phenoxy) is 2. The maximum Gasteiger partial charge on any atom is 0.156 e. The quantitative estimate of drug-likeness (QED) is 0.769. The van der Waals surface area contributed by atoms with Crippen LogP contribution in [0.5, 0.6) is 11.5 Å². The molecule has 0 aliphatic heterocycles. The van der Waals surface area contributed by atoms with Gasteiger partial charge in [0.1, 0.15) is 16.8 Å². The van der Waals surface area contributed by atoms with Crippen LogP contribution in [0.15, 0.2) is 22.7 Å². The van der Waals surface area contributed by atoms with Crippen molar-refractivity contribution >= 4 is 46.4 Å². The van der Waals surface area contributed by atoms with E-state index in [0.29, 0.717) is 21.5 Å². The van der Waals surface area contributed by atoms with Gasteiger partial charge in [-0.05, 0) is 13.0 Å². The summed E-state index contributed by atoms with van der Waals surface area (Å²) in [6.45, 7) is 4.01. The molecule has 93 valence electrons. The van der Waals surface area contributed by atoms with Gasteiger partial charge in [-0.1, -0.05) is 46.4 Å². The van der Waals surface area contributed by atoms with E-state index in [1.54, 1.807) is 12.1 Å².